The number of urea groups is 1. The molecule has 112 valence electrons. The van der Waals surface area contributed by atoms with Gasteiger partial charge in [0.25, 0.3) is 0 Å². The molecular formula is C14H16N2O5. The lowest BCUT2D eigenvalue weighted by molar-refractivity contribution is 0.0697. The third-order valence-electron chi connectivity index (χ3n) is 3.90. The number of anilines is 1. The van der Waals surface area contributed by atoms with Crippen molar-refractivity contribution < 1.29 is 24.5 Å². The van der Waals surface area contributed by atoms with Gasteiger partial charge in [-0.05, 0) is 37.5 Å². The van der Waals surface area contributed by atoms with Gasteiger partial charge in [-0.2, -0.15) is 0 Å². The maximum Gasteiger partial charge on any atom is 0.337 e. The van der Waals surface area contributed by atoms with Gasteiger partial charge in [-0.1, -0.05) is 0 Å². The predicted molar refractivity (Wildman–Crippen MR) is 73.5 cm³/mol. The van der Waals surface area contributed by atoms with E-state index in [1.807, 2.05) is 0 Å². The Morgan fingerprint density at radius 2 is 2.10 bits per heavy atom. The van der Waals surface area contributed by atoms with Crippen LogP contribution < -0.4 is 10.6 Å². The highest BCUT2D eigenvalue weighted by molar-refractivity contribution is 6.00. The van der Waals surface area contributed by atoms with Crippen LogP contribution in [0.5, 0.6) is 5.75 Å². The number of rotatable bonds is 3. The SMILES string of the molecule is O=C(Nc1ccc(O)cc1C(=O)O)NC1CC2CCC1O2. The van der Waals surface area contributed by atoms with Crippen molar-refractivity contribution in [2.75, 3.05) is 5.32 Å². The van der Waals surface area contributed by atoms with Crippen LogP contribution >= 0.6 is 0 Å². The van der Waals surface area contributed by atoms with E-state index in [2.05, 4.69) is 10.6 Å². The molecule has 2 heterocycles. The first kappa shape index (κ1) is 13.7. The first-order chi connectivity index (χ1) is 10.0. The molecule has 2 aliphatic rings. The molecule has 2 bridgehead atoms. The number of hydrogen-bond acceptors (Lipinski definition) is 4. The summed E-state index contributed by atoms with van der Waals surface area (Å²) in [6.45, 7) is 0. The summed E-state index contributed by atoms with van der Waals surface area (Å²) in [5.74, 6) is -1.38. The first-order valence-electron chi connectivity index (χ1n) is 6.82. The Morgan fingerprint density at radius 3 is 2.71 bits per heavy atom. The van der Waals surface area contributed by atoms with Gasteiger partial charge >= 0.3 is 12.0 Å². The average molecular weight is 292 g/mol. The van der Waals surface area contributed by atoms with Gasteiger partial charge < -0.3 is 25.6 Å². The minimum Gasteiger partial charge on any atom is -0.508 e. The number of phenolic OH excluding ortho intramolecular Hbond substituents is 1. The van der Waals surface area contributed by atoms with Crippen molar-refractivity contribution in [2.24, 2.45) is 0 Å². The quantitative estimate of drug-likeness (QED) is 0.632. The highest BCUT2D eigenvalue weighted by Crippen LogP contribution is 2.34. The highest BCUT2D eigenvalue weighted by atomic mass is 16.5. The first-order valence-corrected chi connectivity index (χ1v) is 6.82. The zero-order valence-corrected chi connectivity index (χ0v) is 11.2. The molecular weight excluding hydrogens is 276 g/mol. The fraction of sp³-hybridized carbons (Fsp3) is 0.429. The van der Waals surface area contributed by atoms with Crippen LogP contribution in [0.2, 0.25) is 0 Å². The number of fused-ring (bicyclic) bond motifs is 2. The molecule has 21 heavy (non-hydrogen) atoms. The number of ether oxygens (including phenoxy) is 1. The Morgan fingerprint density at radius 1 is 1.29 bits per heavy atom. The van der Waals surface area contributed by atoms with Crippen molar-refractivity contribution in [2.45, 2.75) is 37.5 Å². The van der Waals surface area contributed by atoms with Crippen LogP contribution in [0, 0.1) is 0 Å². The molecule has 1 aromatic carbocycles. The number of hydrogen-bond donors (Lipinski definition) is 4. The third-order valence-corrected chi connectivity index (χ3v) is 3.90. The van der Waals surface area contributed by atoms with E-state index in [0.717, 1.165) is 25.3 Å². The zero-order valence-electron chi connectivity index (χ0n) is 11.2. The molecule has 2 amide bonds. The number of carboxylic acids is 1. The van der Waals surface area contributed by atoms with E-state index in [1.165, 1.54) is 12.1 Å². The maximum atomic E-state index is 12.0. The number of carboxylic acid groups (broad SMARTS) is 1. The van der Waals surface area contributed by atoms with E-state index < -0.39 is 12.0 Å². The lowest BCUT2D eigenvalue weighted by Crippen LogP contribution is -2.43. The van der Waals surface area contributed by atoms with E-state index in [1.54, 1.807) is 0 Å². The lowest BCUT2D eigenvalue weighted by Gasteiger charge is -2.20. The smallest absolute Gasteiger partial charge is 0.337 e. The minimum atomic E-state index is -1.22. The van der Waals surface area contributed by atoms with Crippen LogP contribution in [0.3, 0.4) is 0 Å². The van der Waals surface area contributed by atoms with E-state index in [4.69, 9.17) is 9.84 Å². The van der Waals surface area contributed by atoms with Crippen molar-refractivity contribution >= 4 is 17.7 Å². The van der Waals surface area contributed by atoms with Crippen LogP contribution in [0.4, 0.5) is 10.5 Å². The Kier molecular flexibility index (Phi) is 3.42. The summed E-state index contributed by atoms with van der Waals surface area (Å²) in [6, 6.07) is 3.27. The molecule has 1 aromatic rings. The molecule has 0 radical (unpaired) electrons. The molecule has 3 rings (SSSR count). The molecule has 0 spiro atoms. The Bertz CT molecular complexity index is 589. The number of benzene rings is 1. The molecule has 2 fully saturated rings. The van der Waals surface area contributed by atoms with E-state index in [9.17, 15) is 14.7 Å². The van der Waals surface area contributed by atoms with Crippen molar-refractivity contribution in [1.82, 2.24) is 5.32 Å². The van der Waals surface area contributed by atoms with Crippen molar-refractivity contribution in [3.8, 4) is 5.75 Å². The lowest BCUT2D eigenvalue weighted by atomic mass is 9.96. The molecule has 3 unspecified atom stereocenters. The number of aromatic carboxylic acids is 1. The Labute approximate surface area is 120 Å². The van der Waals surface area contributed by atoms with Crippen molar-refractivity contribution in [3.63, 3.8) is 0 Å². The number of amides is 2. The van der Waals surface area contributed by atoms with Crippen LogP contribution in [0.25, 0.3) is 0 Å². The molecule has 2 aliphatic heterocycles. The van der Waals surface area contributed by atoms with Crippen molar-refractivity contribution in [1.29, 1.82) is 0 Å². The molecule has 4 N–H and O–H groups in total. The fourth-order valence-corrected chi connectivity index (χ4v) is 2.93. The highest BCUT2D eigenvalue weighted by Gasteiger charge is 2.41. The van der Waals surface area contributed by atoms with Gasteiger partial charge in [0.05, 0.1) is 29.5 Å². The van der Waals surface area contributed by atoms with Gasteiger partial charge in [-0.15, -0.1) is 0 Å². The number of phenols is 1. The molecule has 0 saturated carbocycles. The monoisotopic (exact) mass is 292 g/mol. The number of aromatic hydroxyl groups is 1. The van der Waals surface area contributed by atoms with Crippen LogP contribution in [-0.2, 0) is 4.74 Å². The second kappa shape index (κ2) is 5.25. The topological polar surface area (TPSA) is 108 Å². The minimum absolute atomic E-state index is 0.0332. The summed E-state index contributed by atoms with van der Waals surface area (Å²) in [7, 11) is 0. The second-order valence-electron chi connectivity index (χ2n) is 5.35. The van der Waals surface area contributed by atoms with Gasteiger partial charge in [-0.3, -0.25) is 0 Å². The standard InChI is InChI=1S/C14H16N2O5/c17-7-1-3-10(9(5-7)13(18)19)15-14(20)16-11-6-8-2-4-12(11)21-8/h1,3,5,8,11-12,17H,2,4,6H2,(H,18,19)(H2,15,16,20). The summed E-state index contributed by atoms with van der Waals surface area (Å²) in [5.41, 5.74) is -0.0174. The Balaban J connectivity index is 1.66. The molecule has 3 atom stereocenters. The maximum absolute atomic E-state index is 12.0. The average Bonchev–Trinajstić information content (AvgIpc) is 3.02. The fourth-order valence-electron chi connectivity index (χ4n) is 2.93. The summed E-state index contributed by atoms with van der Waals surface area (Å²) >= 11 is 0. The van der Waals surface area contributed by atoms with Gasteiger partial charge in [0.1, 0.15) is 5.75 Å². The molecule has 0 aliphatic carbocycles. The molecule has 0 aromatic heterocycles. The normalized spacial score (nSPS) is 26.6. The number of carbonyl (C=O) groups excluding carboxylic acids is 1. The molecule has 2 saturated heterocycles. The summed E-state index contributed by atoms with van der Waals surface area (Å²) in [5, 5.41) is 23.7. The third kappa shape index (κ3) is 2.78. The van der Waals surface area contributed by atoms with Gasteiger partial charge in [0.2, 0.25) is 0 Å². The number of carbonyl (C=O) groups is 2. The summed E-state index contributed by atoms with van der Waals surface area (Å²) in [6.07, 6.45) is 3.04. The van der Waals surface area contributed by atoms with Gasteiger partial charge in [-0.25, -0.2) is 9.59 Å². The van der Waals surface area contributed by atoms with Gasteiger partial charge in [0, 0.05) is 0 Å². The zero-order chi connectivity index (χ0) is 15.0. The molecule has 7 heteroatoms. The van der Waals surface area contributed by atoms with Gasteiger partial charge in [0.15, 0.2) is 0 Å². The second-order valence-corrected chi connectivity index (χ2v) is 5.35. The van der Waals surface area contributed by atoms with Crippen LogP contribution in [0.1, 0.15) is 29.6 Å². The van der Waals surface area contributed by atoms with E-state index >= 15 is 0 Å². The number of nitrogens with one attached hydrogen (secondary N) is 2. The predicted octanol–water partition coefficient (Wildman–Crippen LogP) is 1.53. The van der Waals surface area contributed by atoms with E-state index in [0.29, 0.717) is 0 Å². The van der Waals surface area contributed by atoms with Crippen molar-refractivity contribution in [3.05, 3.63) is 23.8 Å². The van der Waals surface area contributed by atoms with Crippen LogP contribution in [0.15, 0.2) is 18.2 Å². The summed E-state index contributed by atoms with van der Waals surface area (Å²) in [4.78, 5) is 23.1. The molecule has 7 nitrogen and oxygen atoms in total. The van der Waals surface area contributed by atoms with E-state index in [-0.39, 0.29) is 35.3 Å². The largest absolute Gasteiger partial charge is 0.508 e. The Hall–Kier alpha value is -2.28. The summed E-state index contributed by atoms with van der Waals surface area (Å²) < 4.78 is 5.64. The van der Waals surface area contributed by atoms with Crippen LogP contribution in [-0.4, -0.2) is 40.5 Å².